The number of amides is 2. The number of aromatic nitrogens is 1. The number of hydrogen-bond donors (Lipinski definition) is 1. The molecule has 0 radical (unpaired) electrons. The lowest BCUT2D eigenvalue weighted by atomic mass is 10.00. The molecule has 0 saturated carbocycles. The fourth-order valence-corrected chi connectivity index (χ4v) is 1.97. The summed E-state index contributed by atoms with van der Waals surface area (Å²) in [5.41, 5.74) is 1.17. The zero-order valence-electron chi connectivity index (χ0n) is 8.81. The molecule has 1 aliphatic heterocycles. The summed E-state index contributed by atoms with van der Waals surface area (Å²) < 4.78 is 0. The van der Waals surface area contributed by atoms with Gasteiger partial charge in [0.25, 0.3) is 11.8 Å². The van der Waals surface area contributed by atoms with E-state index in [2.05, 4.69) is 10.3 Å². The zero-order valence-corrected chi connectivity index (χ0v) is 8.81. The summed E-state index contributed by atoms with van der Waals surface area (Å²) in [5, 5.41) is 4.10. The van der Waals surface area contributed by atoms with Gasteiger partial charge in [-0.05, 0) is 17.0 Å². The number of hydrogen-bond acceptors (Lipinski definition) is 3. The minimum absolute atomic E-state index is 0.348. The van der Waals surface area contributed by atoms with Crippen LogP contribution in [0.3, 0.4) is 0 Å². The van der Waals surface area contributed by atoms with Gasteiger partial charge in [0.2, 0.25) is 0 Å². The Morgan fingerprint density at radius 3 is 2.76 bits per heavy atom. The van der Waals surface area contributed by atoms with Gasteiger partial charge in [-0.15, -0.1) is 0 Å². The summed E-state index contributed by atoms with van der Waals surface area (Å²) in [7, 11) is 0. The topological polar surface area (TPSA) is 59.1 Å². The minimum Gasteiger partial charge on any atom is -0.289 e. The molecule has 3 rings (SSSR count). The first-order valence-corrected chi connectivity index (χ1v) is 5.16. The second kappa shape index (κ2) is 3.52. The van der Waals surface area contributed by atoms with Gasteiger partial charge in [0.1, 0.15) is 0 Å². The third-order valence-corrected chi connectivity index (χ3v) is 2.73. The molecule has 82 valence electrons. The van der Waals surface area contributed by atoms with E-state index in [1.165, 1.54) is 6.08 Å². The monoisotopic (exact) mass is 224 g/mol. The van der Waals surface area contributed by atoms with Crippen molar-refractivity contribution in [1.29, 1.82) is 0 Å². The maximum Gasteiger partial charge on any atom is 0.258 e. The number of imide groups is 1. The van der Waals surface area contributed by atoms with Crippen LogP contribution in [0.1, 0.15) is 5.56 Å². The molecule has 4 nitrogen and oxygen atoms in total. The van der Waals surface area contributed by atoms with Gasteiger partial charge in [0.05, 0.1) is 5.57 Å². The van der Waals surface area contributed by atoms with Gasteiger partial charge in [-0.25, -0.2) is 0 Å². The van der Waals surface area contributed by atoms with Crippen LogP contribution < -0.4 is 5.32 Å². The fraction of sp³-hybridized carbons (Fsp3) is 0. The molecule has 2 heterocycles. The molecule has 4 heteroatoms. The van der Waals surface area contributed by atoms with Crippen molar-refractivity contribution in [2.24, 2.45) is 0 Å². The lowest BCUT2D eigenvalue weighted by Crippen LogP contribution is -2.21. The number of carbonyl (C=O) groups is 2. The molecule has 0 unspecified atom stereocenters. The smallest absolute Gasteiger partial charge is 0.258 e. The number of rotatable bonds is 1. The Balaban J connectivity index is 2.28. The van der Waals surface area contributed by atoms with Crippen molar-refractivity contribution in [3.63, 3.8) is 0 Å². The summed E-state index contributed by atoms with van der Waals surface area (Å²) in [6, 6.07) is 7.42. The van der Waals surface area contributed by atoms with Crippen LogP contribution >= 0.6 is 0 Å². The lowest BCUT2D eigenvalue weighted by Gasteiger charge is -2.05. The first kappa shape index (κ1) is 9.72. The number of carbonyl (C=O) groups excluding carboxylic acids is 2. The van der Waals surface area contributed by atoms with Gasteiger partial charge in [-0.3, -0.25) is 19.9 Å². The number of nitrogens with zero attached hydrogens (tertiary/aromatic N) is 1. The van der Waals surface area contributed by atoms with E-state index < -0.39 is 0 Å². The van der Waals surface area contributed by atoms with Crippen LogP contribution in [0, 0.1) is 0 Å². The predicted molar refractivity (Wildman–Crippen MR) is 62.9 cm³/mol. The van der Waals surface area contributed by atoms with Crippen LogP contribution in [-0.4, -0.2) is 16.8 Å². The average Bonchev–Trinajstić information content (AvgIpc) is 2.68. The number of fused-ring (bicyclic) bond motifs is 1. The molecule has 0 aliphatic carbocycles. The highest BCUT2D eigenvalue weighted by Gasteiger charge is 2.23. The third-order valence-electron chi connectivity index (χ3n) is 2.73. The number of nitrogens with one attached hydrogen (secondary N) is 1. The Morgan fingerprint density at radius 2 is 2.00 bits per heavy atom. The fourth-order valence-electron chi connectivity index (χ4n) is 1.97. The Hall–Kier alpha value is -2.49. The predicted octanol–water partition coefficient (Wildman–Crippen LogP) is 1.27. The number of pyridine rings is 1. The maximum atomic E-state index is 11.6. The highest BCUT2D eigenvalue weighted by Crippen LogP contribution is 2.26. The van der Waals surface area contributed by atoms with Crippen molar-refractivity contribution < 1.29 is 9.59 Å². The van der Waals surface area contributed by atoms with Crippen LogP contribution in [0.5, 0.6) is 0 Å². The summed E-state index contributed by atoms with van der Waals surface area (Å²) in [6.45, 7) is 0. The van der Waals surface area contributed by atoms with Gasteiger partial charge in [-0.1, -0.05) is 18.2 Å². The lowest BCUT2D eigenvalue weighted by molar-refractivity contribution is -0.123. The molecular formula is C13H8N2O2. The van der Waals surface area contributed by atoms with E-state index in [-0.39, 0.29) is 11.8 Å². The number of benzene rings is 1. The van der Waals surface area contributed by atoms with E-state index in [1.807, 2.05) is 24.3 Å². The normalized spacial score (nSPS) is 14.9. The van der Waals surface area contributed by atoms with Crippen molar-refractivity contribution in [3.05, 3.63) is 48.3 Å². The summed E-state index contributed by atoms with van der Waals surface area (Å²) >= 11 is 0. The second-order valence-corrected chi connectivity index (χ2v) is 3.78. The highest BCUT2D eigenvalue weighted by atomic mass is 16.2. The van der Waals surface area contributed by atoms with Gasteiger partial charge >= 0.3 is 0 Å². The van der Waals surface area contributed by atoms with Gasteiger partial charge in [0, 0.05) is 23.9 Å². The molecule has 0 spiro atoms. The first-order chi connectivity index (χ1) is 8.25. The van der Waals surface area contributed by atoms with Crippen LogP contribution in [0.2, 0.25) is 0 Å². The van der Waals surface area contributed by atoms with Crippen LogP contribution in [0.4, 0.5) is 0 Å². The molecule has 2 amide bonds. The van der Waals surface area contributed by atoms with E-state index in [0.717, 1.165) is 16.3 Å². The average molecular weight is 224 g/mol. The summed E-state index contributed by atoms with van der Waals surface area (Å²) in [6.07, 6.45) is 4.73. The zero-order chi connectivity index (χ0) is 11.8. The molecule has 2 aromatic rings. The summed E-state index contributed by atoms with van der Waals surface area (Å²) in [4.78, 5) is 26.8. The molecular weight excluding hydrogens is 216 g/mol. The van der Waals surface area contributed by atoms with Crippen molar-refractivity contribution >= 4 is 28.2 Å². The second-order valence-electron chi connectivity index (χ2n) is 3.78. The van der Waals surface area contributed by atoms with E-state index >= 15 is 0 Å². The van der Waals surface area contributed by atoms with Crippen molar-refractivity contribution in [2.75, 3.05) is 0 Å². The maximum absolute atomic E-state index is 11.6. The largest absolute Gasteiger partial charge is 0.289 e. The van der Waals surface area contributed by atoms with E-state index in [4.69, 9.17) is 0 Å². The molecule has 1 aliphatic rings. The molecule has 0 atom stereocenters. The van der Waals surface area contributed by atoms with Crippen molar-refractivity contribution in [3.8, 4) is 0 Å². The Morgan fingerprint density at radius 1 is 1.12 bits per heavy atom. The van der Waals surface area contributed by atoms with Crippen molar-refractivity contribution in [1.82, 2.24) is 10.3 Å². The molecule has 0 fully saturated rings. The van der Waals surface area contributed by atoms with E-state index in [1.54, 1.807) is 12.4 Å². The summed E-state index contributed by atoms with van der Waals surface area (Å²) in [5.74, 6) is -0.713. The van der Waals surface area contributed by atoms with E-state index in [9.17, 15) is 9.59 Å². The standard InChI is InChI=1S/C13H8N2O2/c16-12-6-11(13(17)15-12)10-3-1-2-8-7-14-5-4-9(8)10/h1-7H,(H,15,16,17). The van der Waals surface area contributed by atoms with Crippen LogP contribution in [0.15, 0.2) is 42.7 Å². The third kappa shape index (κ3) is 1.50. The quantitative estimate of drug-likeness (QED) is 0.742. The Labute approximate surface area is 97.0 Å². The molecule has 0 saturated heterocycles. The molecule has 0 bridgehead atoms. The molecule has 1 aromatic heterocycles. The highest BCUT2D eigenvalue weighted by molar-refractivity contribution is 6.35. The van der Waals surface area contributed by atoms with Crippen LogP contribution in [0.25, 0.3) is 16.3 Å². The van der Waals surface area contributed by atoms with Gasteiger partial charge < -0.3 is 0 Å². The van der Waals surface area contributed by atoms with Gasteiger partial charge in [-0.2, -0.15) is 0 Å². The Kier molecular flexibility index (Phi) is 2.01. The molecule has 1 N–H and O–H groups in total. The minimum atomic E-state index is -0.365. The Bertz CT molecular complexity index is 669. The van der Waals surface area contributed by atoms with Crippen molar-refractivity contribution in [2.45, 2.75) is 0 Å². The van der Waals surface area contributed by atoms with Gasteiger partial charge in [0.15, 0.2) is 0 Å². The van der Waals surface area contributed by atoms with Crippen LogP contribution in [-0.2, 0) is 9.59 Å². The SMILES string of the molecule is O=C1C=C(c2cccc3cnccc23)C(=O)N1. The first-order valence-electron chi connectivity index (χ1n) is 5.16. The molecule has 17 heavy (non-hydrogen) atoms. The molecule has 1 aromatic carbocycles. The van der Waals surface area contributed by atoms with E-state index in [0.29, 0.717) is 5.57 Å².